The molecule has 1 aromatic carbocycles. The zero-order valence-corrected chi connectivity index (χ0v) is 23.4. The number of benzene rings is 1. The molecule has 0 bridgehead atoms. The van der Waals surface area contributed by atoms with Crippen LogP contribution in [-0.4, -0.2) is 90.4 Å². The van der Waals surface area contributed by atoms with Gasteiger partial charge in [0.25, 0.3) is 11.8 Å². The number of urea groups is 1. The molecule has 0 aromatic heterocycles. The van der Waals surface area contributed by atoms with Gasteiger partial charge in [0, 0.05) is 18.7 Å². The fourth-order valence-corrected chi connectivity index (χ4v) is 3.99. The third-order valence-electron chi connectivity index (χ3n) is 6.13. The Morgan fingerprint density at radius 2 is 1.53 bits per heavy atom. The summed E-state index contributed by atoms with van der Waals surface area (Å²) in [4.78, 5) is 90.9. The maximum atomic E-state index is 13.2. The zero-order chi connectivity index (χ0) is 31.8. The average Bonchev–Trinajstić information content (AvgIpc) is 2.95. The monoisotopic (exact) mass is 603 g/mol. The highest BCUT2D eigenvalue weighted by Gasteiger charge is 2.30. The first-order chi connectivity index (χ1) is 20.5. The molecular formula is C26H37N9O8. The molecule has 1 aliphatic rings. The van der Waals surface area contributed by atoms with Gasteiger partial charge in [-0.3, -0.25) is 39.1 Å². The third kappa shape index (κ3) is 12.9. The maximum absolute atomic E-state index is 13.2. The van der Waals surface area contributed by atoms with Gasteiger partial charge in [-0.1, -0.05) is 18.2 Å². The van der Waals surface area contributed by atoms with E-state index in [1.54, 1.807) is 30.3 Å². The van der Waals surface area contributed by atoms with Crippen molar-refractivity contribution in [2.75, 3.05) is 19.6 Å². The summed E-state index contributed by atoms with van der Waals surface area (Å²) in [6, 6.07) is 3.40. The van der Waals surface area contributed by atoms with Gasteiger partial charge in [-0.15, -0.1) is 0 Å². The van der Waals surface area contributed by atoms with Gasteiger partial charge < -0.3 is 43.2 Å². The minimum atomic E-state index is -1.60. The molecule has 0 saturated carbocycles. The van der Waals surface area contributed by atoms with Gasteiger partial charge in [-0.25, -0.2) is 4.79 Å². The Labute approximate surface area is 247 Å². The van der Waals surface area contributed by atoms with E-state index in [0.29, 0.717) is 24.9 Å². The van der Waals surface area contributed by atoms with Crippen LogP contribution in [0.5, 0.6) is 0 Å². The van der Waals surface area contributed by atoms with Crippen LogP contribution in [0.4, 0.5) is 4.79 Å². The summed E-state index contributed by atoms with van der Waals surface area (Å²) in [5, 5.41) is 23.2. The van der Waals surface area contributed by atoms with Crippen LogP contribution in [0.2, 0.25) is 0 Å². The van der Waals surface area contributed by atoms with Crippen molar-refractivity contribution in [2.24, 2.45) is 16.5 Å². The molecule has 43 heavy (non-hydrogen) atoms. The number of nitrogens with zero attached hydrogens (tertiary/aromatic N) is 1. The topological polar surface area (TPSA) is 276 Å². The number of carbonyl (C=O) groups is 7. The lowest BCUT2D eigenvalue weighted by molar-refractivity contribution is -0.140. The van der Waals surface area contributed by atoms with E-state index in [-0.39, 0.29) is 37.7 Å². The van der Waals surface area contributed by atoms with Crippen LogP contribution in [0.15, 0.2) is 35.3 Å². The van der Waals surface area contributed by atoms with Crippen molar-refractivity contribution in [1.82, 2.24) is 31.9 Å². The Bertz CT molecular complexity index is 1200. The Morgan fingerprint density at radius 1 is 0.860 bits per heavy atom. The van der Waals surface area contributed by atoms with Gasteiger partial charge in [-0.2, -0.15) is 0 Å². The Kier molecular flexibility index (Phi) is 13.9. The molecule has 3 atom stereocenters. The molecule has 1 aromatic rings. The molecule has 0 radical (unpaired) electrons. The Morgan fingerprint density at radius 3 is 2.21 bits per heavy atom. The highest BCUT2D eigenvalue weighted by atomic mass is 16.4. The van der Waals surface area contributed by atoms with Crippen molar-refractivity contribution < 1.29 is 38.7 Å². The largest absolute Gasteiger partial charge is 0.481 e. The third-order valence-corrected chi connectivity index (χ3v) is 6.13. The molecule has 1 saturated heterocycles. The molecule has 0 spiro atoms. The molecule has 7 amide bonds. The van der Waals surface area contributed by atoms with Gasteiger partial charge in [0.05, 0.1) is 13.0 Å². The second-order valence-corrected chi connectivity index (χ2v) is 9.58. The van der Waals surface area contributed by atoms with Crippen LogP contribution in [0, 0.1) is 0 Å². The standard InChI is InChI=1S/C26H37N9O8/c27-25(28)30-12-6-10-17-24(42)35-26(43)34-18(13-20(37)38)22(40)31-14-19(36)32-16(23(41)33-17)9-4-5-11-29-21(39)15-7-2-1-3-8-15/h1-3,7-8,16-18H,4-6,9-14H2,(H,29,39)(H,31,40)(H,32,36)(H,33,41)(H,37,38)(H4,27,28,30)(H2,34,35,42,43)/t16-,17-,18-/m0/s1. The van der Waals surface area contributed by atoms with Gasteiger partial charge in [0.15, 0.2) is 5.96 Å². The van der Waals surface area contributed by atoms with Crippen LogP contribution in [0.3, 0.4) is 0 Å². The van der Waals surface area contributed by atoms with Gasteiger partial charge >= 0.3 is 12.0 Å². The van der Waals surface area contributed by atoms with E-state index in [9.17, 15) is 33.6 Å². The fraction of sp³-hybridized carbons (Fsp3) is 0.462. The molecule has 17 nitrogen and oxygen atoms in total. The highest BCUT2D eigenvalue weighted by molar-refractivity contribution is 6.01. The highest BCUT2D eigenvalue weighted by Crippen LogP contribution is 2.06. The number of nitrogens with two attached hydrogens (primary N) is 2. The maximum Gasteiger partial charge on any atom is 0.322 e. The van der Waals surface area contributed by atoms with E-state index in [0.717, 1.165) is 0 Å². The fourth-order valence-electron chi connectivity index (χ4n) is 3.99. The van der Waals surface area contributed by atoms with E-state index in [2.05, 4.69) is 31.6 Å². The average molecular weight is 604 g/mol. The summed E-state index contributed by atoms with van der Waals surface area (Å²) >= 11 is 0. The number of hydrogen-bond acceptors (Lipinski definition) is 8. The number of guanidine groups is 1. The Hall–Kier alpha value is -5.22. The lowest BCUT2D eigenvalue weighted by atomic mass is 10.1. The molecule has 1 aliphatic heterocycles. The minimum absolute atomic E-state index is 0.00709. The van der Waals surface area contributed by atoms with Crippen molar-refractivity contribution in [1.29, 1.82) is 0 Å². The first-order valence-corrected chi connectivity index (χ1v) is 13.6. The van der Waals surface area contributed by atoms with Crippen LogP contribution < -0.4 is 43.4 Å². The summed E-state index contributed by atoms with van der Waals surface area (Å²) in [5.74, 6) is -5.28. The quantitative estimate of drug-likeness (QED) is 0.0683. The van der Waals surface area contributed by atoms with E-state index < -0.39 is 66.7 Å². The molecule has 0 unspecified atom stereocenters. The van der Waals surface area contributed by atoms with E-state index >= 15 is 0 Å². The summed E-state index contributed by atoms with van der Waals surface area (Å²) in [6.45, 7) is -0.206. The van der Waals surface area contributed by atoms with Crippen LogP contribution in [0.25, 0.3) is 0 Å². The zero-order valence-electron chi connectivity index (χ0n) is 23.4. The number of nitrogens with one attached hydrogen (secondary N) is 6. The van der Waals surface area contributed by atoms with Crippen molar-refractivity contribution in [3.05, 3.63) is 35.9 Å². The predicted octanol–water partition coefficient (Wildman–Crippen LogP) is -2.59. The number of aliphatic imine (C=N–C) groups is 1. The number of imide groups is 1. The normalized spacial score (nSPS) is 19.8. The van der Waals surface area contributed by atoms with E-state index in [1.165, 1.54) is 0 Å². The number of carboxylic acids is 1. The lowest BCUT2D eigenvalue weighted by Crippen LogP contribution is -2.59. The van der Waals surface area contributed by atoms with Crippen LogP contribution in [0.1, 0.15) is 48.9 Å². The SMILES string of the molecule is NC(N)=NCCC[C@@H]1NC(=O)[C@H](CCCCNC(=O)c2ccccc2)NC(=O)CNC(=O)[C@H](CC(=O)O)NC(=O)NC1=O. The molecule has 0 aliphatic carbocycles. The van der Waals surface area contributed by atoms with Crippen molar-refractivity contribution in [3.8, 4) is 0 Å². The summed E-state index contributed by atoms with van der Waals surface area (Å²) in [6.07, 6.45) is 0.333. The number of unbranched alkanes of at least 4 members (excludes halogenated alkanes) is 1. The lowest BCUT2D eigenvalue weighted by Gasteiger charge is -2.24. The van der Waals surface area contributed by atoms with Crippen LogP contribution in [-0.2, 0) is 24.0 Å². The number of carbonyl (C=O) groups excluding carboxylic acids is 6. The number of amides is 7. The van der Waals surface area contributed by atoms with Gasteiger partial charge in [-0.05, 0) is 44.2 Å². The molecular weight excluding hydrogens is 566 g/mol. The predicted molar refractivity (Wildman–Crippen MR) is 152 cm³/mol. The first kappa shape index (κ1) is 34.0. The van der Waals surface area contributed by atoms with Crippen molar-refractivity contribution in [2.45, 2.75) is 56.7 Å². The minimum Gasteiger partial charge on any atom is -0.481 e. The van der Waals surface area contributed by atoms with E-state index in [4.69, 9.17) is 16.6 Å². The number of hydrogen-bond donors (Lipinski definition) is 9. The molecule has 2 rings (SSSR count). The summed E-state index contributed by atoms with van der Waals surface area (Å²) in [5.41, 5.74) is 11.1. The second kappa shape index (κ2) is 17.6. The van der Waals surface area contributed by atoms with E-state index in [1.807, 2.05) is 5.32 Å². The molecule has 1 heterocycles. The first-order valence-electron chi connectivity index (χ1n) is 13.6. The Balaban J connectivity index is 2.14. The van der Waals surface area contributed by atoms with Crippen molar-refractivity contribution in [3.63, 3.8) is 0 Å². The molecule has 234 valence electrons. The second-order valence-electron chi connectivity index (χ2n) is 9.58. The number of aliphatic carboxylic acids is 1. The van der Waals surface area contributed by atoms with Gasteiger partial charge in [0.2, 0.25) is 17.7 Å². The molecule has 17 heteroatoms. The van der Waals surface area contributed by atoms with Crippen molar-refractivity contribution >= 4 is 47.5 Å². The van der Waals surface area contributed by atoms with Gasteiger partial charge in [0.1, 0.15) is 18.1 Å². The number of rotatable bonds is 12. The summed E-state index contributed by atoms with van der Waals surface area (Å²) in [7, 11) is 0. The smallest absolute Gasteiger partial charge is 0.322 e. The summed E-state index contributed by atoms with van der Waals surface area (Å²) < 4.78 is 0. The number of carboxylic acid groups (broad SMARTS) is 1. The molecule has 1 fully saturated rings. The molecule has 11 N–H and O–H groups in total. The van der Waals surface area contributed by atoms with Crippen LogP contribution >= 0.6 is 0 Å².